The molecule has 0 saturated heterocycles. The highest BCUT2D eigenvalue weighted by atomic mass is 16.1. The number of aromatic nitrogens is 2. The molecule has 1 heterocycles. The Kier molecular flexibility index (Phi) is 4.86. The van der Waals surface area contributed by atoms with E-state index in [2.05, 4.69) is 20.8 Å². The lowest BCUT2D eigenvalue weighted by Gasteiger charge is -2.22. The average Bonchev–Trinajstić information content (AvgIpc) is 2.56. The molecule has 3 rings (SSSR count). The van der Waals surface area contributed by atoms with Crippen LogP contribution in [0.4, 0.5) is 11.5 Å². The Bertz CT molecular complexity index is 663. The third-order valence-electron chi connectivity index (χ3n) is 4.13. The van der Waals surface area contributed by atoms with Gasteiger partial charge in [-0.3, -0.25) is 4.79 Å². The van der Waals surface area contributed by atoms with Gasteiger partial charge >= 0.3 is 0 Å². The Hall–Kier alpha value is -2.43. The number of amides is 1. The highest BCUT2D eigenvalue weighted by molar-refractivity contribution is 6.02. The van der Waals surface area contributed by atoms with E-state index in [1.807, 2.05) is 37.3 Å². The fourth-order valence-corrected chi connectivity index (χ4v) is 2.90. The van der Waals surface area contributed by atoms with Gasteiger partial charge in [0.25, 0.3) is 5.91 Å². The Balaban J connectivity index is 1.60. The lowest BCUT2D eigenvalue weighted by Crippen LogP contribution is -2.23. The van der Waals surface area contributed by atoms with Gasteiger partial charge in [0.15, 0.2) is 5.69 Å². The minimum Gasteiger partial charge on any atom is -0.366 e. The zero-order valence-corrected chi connectivity index (χ0v) is 13.4. The molecule has 0 bridgehead atoms. The van der Waals surface area contributed by atoms with Gasteiger partial charge in [-0.2, -0.15) is 0 Å². The largest absolute Gasteiger partial charge is 0.366 e. The monoisotopic (exact) mass is 310 g/mol. The van der Waals surface area contributed by atoms with Crippen LogP contribution in [0.25, 0.3) is 0 Å². The Labute approximate surface area is 136 Å². The van der Waals surface area contributed by atoms with Crippen LogP contribution < -0.4 is 10.6 Å². The van der Waals surface area contributed by atoms with Crippen molar-refractivity contribution in [1.82, 2.24) is 10.2 Å². The molecular formula is C18H22N4O. The summed E-state index contributed by atoms with van der Waals surface area (Å²) in [5, 5.41) is 14.4. The van der Waals surface area contributed by atoms with Gasteiger partial charge in [0.2, 0.25) is 0 Å². The van der Waals surface area contributed by atoms with Crippen LogP contribution in [-0.4, -0.2) is 22.1 Å². The molecule has 0 aliphatic heterocycles. The van der Waals surface area contributed by atoms with Crippen LogP contribution in [0.1, 0.15) is 48.2 Å². The van der Waals surface area contributed by atoms with Crippen LogP contribution in [0.2, 0.25) is 0 Å². The van der Waals surface area contributed by atoms with Gasteiger partial charge < -0.3 is 10.6 Å². The fraction of sp³-hybridized carbons (Fsp3) is 0.389. The molecule has 1 aliphatic carbocycles. The van der Waals surface area contributed by atoms with Crippen molar-refractivity contribution in [2.45, 2.75) is 45.1 Å². The third-order valence-corrected chi connectivity index (χ3v) is 4.13. The van der Waals surface area contributed by atoms with Crippen molar-refractivity contribution in [2.24, 2.45) is 0 Å². The van der Waals surface area contributed by atoms with Crippen molar-refractivity contribution in [3.8, 4) is 0 Å². The molecule has 0 atom stereocenters. The summed E-state index contributed by atoms with van der Waals surface area (Å²) in [6.45, 7) is 1.99. The first-order valence-corrected chi connectivity index (χ1v) is 8.19. The maximum absolute atomic E-state index is 12.2. The molecule has 1 fully saturated rings. The number of carbonyl (C=O) groups excluding carboxylic acids is 1. The van der Waals surface area contributed by atoms with Crippen molar-refractivity contribution >= 4 is 17.4 Å². The van der Waals surface area contributed by atoms with E-state index in [1.54, 1.807) is 6.07 Å². The normalized spacial score (nSPS) is 15.2. The first kappa shape index (κ1) is 15.5. The molecule has 120 valence electrons. The number of carbonyl (C=O) groups is 1. The zero-order valence-electron chi connectivity index (χ0n) is 13.4. The predicted octanol–water partition coefficient (Wildman–Crippen LogP) is 3.78. The number of hydrogen-bond acceptors (Lipinski definition) is 4. The lowest BCUT2D eigenvalue weighted by molar-refractivity contribution is 0.102. The summed E-state index contributed by atoms with van der Waals surface area (Å²) < 4.78 is 0. The molecule has 0 spiro atoms. The summed E-state index contributed by atoms with van der Waals surface area (Å²) >= 11 is 0. The topological polar surface area (TPSA) is 66.9 Å². The first-order chi connectivity index (χ1) is 11.2. The summed E-state index contributed by atoms with van der Waals surface area (Å²) in [7, 11) is 0. The molecule has 1 aliphatic rings. The van der Waals surface area contributed by atoms with Crippen molar-refractivity contribution in [3.63, 3.8) is 0 Å². The molecule has 23 heavy (non-hydrogen) atoms. The second-order valence-electron chi connectivity index (χ2n) is 6.11. The van der Waals surface area contributed by atoms with Gasteiger partial charge in [-0.1, -0.05) is 31.4 Å². The Morgan fingerprint density at radius 3 is 2.61 bits per heavy atom. The smallest absolute Gasteiger partial charge is 0.276 e. The van der Waals surface area contributed by atoms with Crippen LogP contribution in [0.5, 0.6) is 0 Å². The maximum atomic E-state index is 12.2. The minimum atomic E-state index is -0.243. The molecule has 0 unspecified atom stereocenters. The predicted molar refractivity (Wildman–Crippen MR) is 91.7 cm³/mol. The molecule has 1 saturated carbocycles. The van der Waals surface area contributed by atoms with E-state index in [1.165, 1.54) is 32.1 Å². The standard InChI is InChI=1S/C18H22N4O/c1-13-6-5-9-15(12-13)20-18(23)16-10-11-17(22-21-16)19-14-7-3-2-4-8-14/h5-6,9-12,14H,2-4,7-8H2,1H3,(H,19,22)(H,20,23). The van der Waals surface area contributed by atoms with E-state index in [9.17, 15) is 4.79 Å². The van der Waals surface area contributed by atoms with Gasteiger partial charge in [0, 0.05) is 11.7 Å². The van der Waals surface area contributed by atoms with E-state index < -0.39 is 0 Å². The van der Waals surface area contributed by atoms with E-state index in [0.717, 1.165) is 17.1 Å². The van der Waals surface area contributed by atoms with Gasteiger partial charge in [-0.15, -0.1) is 10.2 Å². The second kappa shape index (κ2) is 7.22. The molecule has 1 amide bonds. The highest BCUT2D eigenvalue weighted by Gasteiger charge is 2.14. The quantitative estimate of drug-likeness (QED) is 0.902. The minimum absolute atomic E-state index is 0.243. The van der Waals surface area contributed by atoms with Gasteiger partial charge in [-0.05, 0) is 49.6 Å². The van der Waals surface area contributed by atoms with Crippen LogP contribution in [-0.2, 0) is 0 Å². The average molecular weight is 310 g/mol. The van der Waals surface area contributed by atoms with E-state index in [-0.39, 0.29) is 5.91 Å². The number of anilines is 2. The number of aryl methyl sites for hydroxylation is 1. The number of hydrogen-bond donors (Lipinski definition) is 2. The lowest BCUT2D eigenvalue weighted by atomic mass is 9.95. The number of nitrogens with zero attached hydrogens (tertiary/aromatic N) is 2. The van der Waals surface area contributed by atoms with Gasteiger partial charge in [0.05, 0.1) is 0 Å². The van der Waals surface area contributed by atoms with Crippen molar-refractivity contribution in [1.29, 1.82) is 0 Å². The molecule has 5 heteroatoms. The summed E-state index contributed by atoms with van der Waals surface area (Å²) in [4.78, 5) is 12.2. The van der Waals surface area contributed by atoms with E-state index in [4.69, 9.17) is 0 Å². The maximum Gasteiger partial charge on any atom is 0.276 e. The Morgan fingerprint density at radius 2 is 1.91 bits per heavy atom. The first-order valence-electron chi connectivity index (χ1n) is 8.19. The third kappa shape index (κ3) is 4.28. The van der Waals surface area contributed by atoms with Crippen LogP contribution >= 0.6 is 0 Å². The van der Waals surface area contributed by atoms with Crippen molar-refractivity contribution in [2.75, 3.05) is 10.6 Å². The van der Waals surface area contributed by atoms with Crippen molar-refractivity contribution < 1.29 is 4.79 Å². The second-order valence-corrected chi connectivity index (χ2v) is 6.11. The van der Waals surface area contributed by atoms with Crippen molar-refractivity contribution in [3.05, 3.63) is 47.7 Å². The molecule has 0 radical (unpaired) electrons. The summed E-state index contributed by atoms with van der Waals surface area (Å²) in [5.74, 6) is 0.497. The molecule has 5 nitrogen and oxygen atoms in total. The van der Waals surface area contributed by atoms with E-state index in [0.29, 0.717) is 11.7 Å². The van der Waals surface area contributed by atoms with E-state index >= 15 is 0 Å². The SMILES string of the molecule is Cc1cccc(NC(=O)c2ccc(NC3CCCCC3)nn2)c1. The van der Waals surface area contributed by atoms with Gasteiger partial charge in [0.1, 0.15) is 5.82 Å². The number of rotatable bonds is 4. The molecular weight excluding hydrogens is 288 g/mol. The fourth-order valence-electron chi connectivity index (χ4n) is 2.90. The highest BCUT2D eigenvalue weighted by Crippen LogP contribution is 2.20. The zero-order chi connectivity index (χ0) is 16.1. The van der Waals surface area contributed by atoms with Crippen LogP contribution in [0.15, 0.2) is 36.4 Å². The molecule has 1 aromatic heterocycles. The summed E-state index contributed by atoms with van der Waals surface area (Å²) in [6, 6.07) is 11.7. The Morgan fingerprint density at radius 1 is 1.09 bits per heavy atom. The molecule has 1 aromatic carbocycles. The molecule has 2 aromatic rings. The van der Waals surface area contributed by atoms with Crippen LogP contribution in [0, 0.1) is 6.92 Å². The summed E-state index contributed by atoms with van der Waals surface area (Å²) in [5.41, 5.74) is 2.18. The number of benzene rings is 1. The summed E-state index contributed by atoms with van der Waals surface area (Å²) in [6.07, 6.45) is 6.21. The van der Waals surface area contributed by atoms with Gasteiger partial charge in [-0.25, -0.2) is 0 Å². The number of nitrogens with one attached hydrogen (secondary N) is 2. The van der Waals surface area contributed by atoms with Crippen LogP contribution in [0.3, 0.4) is 0 Å². The molecule has 2 N–H and O–H groups in total.